The summed E-state index contributed by atoms with van der Waals surface area (Å²) in [5, 5.41) is 0. The Morgan fingerprint density at radius 1 is 1.20 bits per heavy atom. The van der Waals surface area contributed by atoms with E-state index in [1.54, 1.807) is 6.92 Å². The van der Waals surface area contributed by atoms with Gasteiger partial charge in [0, 0.05) is 28.3 Å². The summed E-state index contributed by atoms with van der Waals surface area (Å²) < 4.78 is 0.931. The topological polar surface area (TPSA) is 20.3 Å². The number of piperidine rings is 1. The van der Waals surface area contributed by atoms with E-state index in [-0.39, 0.29) is 5.78 Å². The van der Waals surface area contributed by atoms with Crippen molar-refractivity contribution < 1.29 is 4.79 Å². The Morgan fingerprint density at radius 2 is 1.95 bits per heavy atom. The van der Waals surface area contributed by atoms with Crippen molar-refractivity contribution in [3.63, 3.8) is 0 Å². The highest BCUT2D eigenvalue weighted by molar-refractivity contribution is 9.10. The van der Waals surface area contributed by atoms with Crippen molar-refractivity contribution in [3.8, 4) is 0 Å². The molecule has 0 N–H and O–H groups in total. The molecule has 2 nitrogen and oxygen atoms in total. The molecule has 1 saturated carbocycles. The fourth-order valence-electron chi connectivity index (χ4n) is 3.91. The molecule has 1 aromatic carbocycles. The van der Waals surface area contributed by atoms with Crippen LogP contribution in [-0.2, 0) is 0 Å². The van der Waals surface area contributed by atoms with Crippen LogP contribution in [0.1, 0.15) is 55.8 Å². The number of ketones is 1. The zero-order chi connectivity index (χ0) is 14.1. The van der Waals surface area contributed by atoms with E-state index in [4.69, 9.17) is 0 Å². The van der Waals surface area contributed by atoms with Crippen molar-refractivity contribution in [3.05, 3.63) is 28.2 Å². The first-order valence-corrected chi connectivity index (χ1v) is 8.53. The Morgan fingerprint density at radius 3 is 2.70 bits per heavy atom. The first-order chi connectivity index (χ1) is 9.66. The molecule has 0 aromatic heterocycles. The fourth-order valence-corrected chi connectivity index (χ4v) is 4.56. The highest BCUT2D eigenvalue weighted by atomic mass is 79.9. The van der Waals surface area contributed by atoms with Gasteiger partial charge in [0.1, 0.15) is 0 Å². The molecule has 0 bridgehead atoms. The number of fused-ring (bicyclic) bond motifs is 1. The molecule has 0 amide bonds. The third-order valence-electron chi connectivity index (χ3n) is 4.91. The van der Waals surface area contributed by atoms with Crippen molar-refractivity contribution in [2.45, 2.75) is 51.5 Å². The number of halogens is 1. The van der Waals surface area contributed by atoms with Gasteiger partial charge in [-0.05, 0) is 72.7 Å². The maximum atomic E-state index is 11.5. The van der Waals surface area contributed by atoms with Crippen LogP contribution in [0.25, 0.3) is 0 Å². The Balaban J connectivity index is 1.87. The number of carbonyl (C=O) groups is 1. The summed E-state index contributed by atoms with van der Waals surface area (Å²) >= 11 is 3.55. The number of carbonyl (C=O) groups excluding carboxylic acids is 1. The van der Waals surface area contributed by atoms with E-state index in [1.807, 2.05) is 6.07 Å². The van der Waals surface area contributed by atoms with Crippen molar-refractivity contribution in [1.82, 2.24) is 0 Å². The highest BCUT2D eigenvalue weighted by Gasteiger charge is 2.33. The molecule has 1 aliphatic heterocycles. The molecule has 2 fully saturated rings. The summed E-state index contributed by atoms with van der Waals surface area (Å²) in [7, 11) is 0. The van der Waals surface area contributed by atoms with Crippen LogP contribution in [0.4, 0.5) is 5.69 Å². The molecule has 1 aromatic rings. The Bertz CT molecular complexity index is 512. The molecule has 3 rings (SSSR count). The van der Waals surface area contributed by atoms with Gasteiger partial charge in [-0.25, -0.2) is 0 Å². The number of anilines is 1. The summed E-state index contributed by atoms with van der Waals surface area (Å²) in [6.45, 7) is 2.78. The van der Waals surface area contributed by atoms with E-state index in [0.29, 0.717) is 6.04 Å². The lowest BCUT2D eigenvalue weighted by Crippen LogP contribution is -2.46. The highest BCUT2D eigenvalue weighted by Crippen LogP contribution is 2.38. The molecule has 108 valence electrons. The van der Waals surface area contributed by atoms with Crippen LogP contribution in [0.2, 0.25) is 0 Å². The van der Waals surface area contributed by atoms with Gasteiger partial charge in [-0.1, -0.05) is 12.8 Å². The lowest BCUT2D eigenvalue weighted by molar-refractivity contribution is 0.101. The van der Waals surface area contributed by atoms with E-state index in [0.717, 1.165) is 22.5 Å². The third kappa shape index (κ3) is 2.65. The van der Waals surface area contributed by atoms with Crippen molar-refractivity contribution in [1.29, 1.82) is 0 Å². The largest absolute Gasteiger partial charge is 0.368 e. The van der Waals surface area contributed by atoms with E-state index in [9.17, 15) is 4.79 Å². The van der Waals surface area contributed by atoms with Gasteiger partial charge in [0.2, 0.25) is 0 Å². The van der Waals surface area contributed by atoms with Crippen molar-refractivity contribution in [2.75, 3.05) is 11.4 Å². The van der Waals surface area contributed by atoms with Gasteiger partial charge in [-0.3, -0.25) is 4.79 Å². The standard InChI is InChI=1S/C17H22BrNO/c1-12(20)15-9-8-14(11-16(15)18)19-10-4-6-13-5-2-3-7-17(13)19/h8-9,11,13,17H,2-7,10H2,1H3. The molecule has 20 heavy (non-hydrogen) atoms. The van der Waals surface area contributed by atoms with Crippen LogP contribution in [0.5, 0.6) is 0 Å². The molecular weight excluding hydrogens is 314 g/mol. The SMILES string of the molecule is CC(=O)c1ccc(N2CCCC3CCCCC32)cc1Br. The van der Waals surface area contributed by atoms with Crippen LogP contribution >= 0.6 is 15.9 Å². The second-order valence-electron chi connectivity index (χ2n) is 6.17. The van der Waals surface area contributed by atoms with Gasteiger partial charge in [0.25, 0.3) is 0 Å². The van der Waals surface area contributed by atoms with Gasteiger partial charge in [-0.2, -0.15) is 0 Å². The number of benzene rings is 1. The van der Waals surface area contributed by atoms with Gasteiger partial charge in [-0.15, -0.1) is 0 Å². The molecule has 1 heterocycles. The van der Waals surface area contributed by atoms with E-state index in [2.05, 4.69) is 33.0 Å². The summed E-state index contributed by atoms with van der Waals surface area (Å²) in [6.07, 6.45) is 8.19. The fraction of sp³-hybridized carbons (Fsp3) is 0.588. The minimum atomic E-state index is 0.123. The van der Waals surface area contributed by atoms with Crippen LogP contribution in [0.15, 0.2) is 22.7 Å². The lowest BCUT2D eigenvalue weighted by Gasteiger charge is -2.45. The van der Waals surface area contributed by atoms with Crippen LogP contribution in [0.3, 0.4) is 0 Å². The monoisotopic (exact) mass is 335 g/mol. The van der Waals surface area contributed by atoms with Gasteiger partial charge in [0.05, 0.1) is 0 Å². The predicted octanol–water partition coefficient (Wildman–Crippen LogP) is 4.81. The van der Waals surface area contributed by atoms with Crippen LogP contribution in [-0.4, -0.2) is 18.4 Å². The van der Waals surface area contributed by atoms with Crippen LogP contribution < -0.4 is 4.90 Å². The number of nitrogens with zero attached hydrogens (tertiary/aromatic N) is 1. The number of Topliss-reactive ketones (excluding diaryl/α,β-unsaturated/α-hetero) is 1. The molecule has 2 atom stereocenters. The summed E-state index contributed by atoms with van der Waals surface area (Å²) in [6, 6.07) is 6.94. The summed E-state index contributed by atoms with van der Waals surface area (Å²) in [4.78, 5) is 14.1. The maximum Gasteiger partial charge on any atom is 0.160 e. The molecule has 2 aliphatic rings. The van der Waals surface area contributed by atoms with E-state index < -0.39 is 0 Å². The van der Waals surface area contributed by atoms with Crippen LogP contribution in [0, 0.1) is 5.92 Å². The van der Waals surface area contributed by atoms with Crippen molar-refractivity contribution >= 4 is 27.4 Å². The summed E-state index contributed by atoms with van der Waals surface area (Å²) in [5.41, 5.74) is 2.06. The molecule has 3 heteroatoms. The van der Waals surface area contributed by atoms with E-state index >= 15 is 0 Å². The van der Waals surface area contributed by atoms with Gasteiger partial charge < -0.3 is 4.90 Å². The molecular formula is C17H22BrNO. The first-order valence-electron chi connectivity index (χ1n) is 7.74. The predicted molar refractivity (Wildman–Crippen MR) is 86.5 cm³/mol. The molecule has 1 aliphatic carbocycles. The molecule has 2 unspecified atom stereocenters. The average molecular weight is 336 g/mol. The maximum absolute atomic E-state index is 11.5. The number of hydrogen-bond acceptors (Lipinski definition) is 2. The number of rotatable bonds is 2. The molecule has 0 radical (unpaired) electrons. The lowest BCUT2D eigenvalue weighted by atomic mass is 9.78. The summed E-state index contributed by atoms with van der Waals surface area (Å²) in [5.74, 6) is 1.00. The quantitative estimate of drug-likeness (QED) is 0.722. The second-order valence-corrected chi connectivity index (χ2v) is 7.02. The van der Waals surface area contributed by atoms with Gasteiger partial charge >= 0.3 is 0 Å². The second kappa shape index (κ2) is 5.88. The van der Waals surface area contributed by atoms with E-state index in [1.165, 1.54) is 44.2 Å². The zero-order valence-corrected chi connectivity index (χ0v) is 13.7. The Labute approximate surface area is 129 Å². The minimum absolute atomic E-state index is 0.123. The average Bonchev–Trinajstić information content (AvgIpc) is 2.46. The smallest absolute Gasteiger partial charge is 0.160 e. The number of hydrogen-bond donors (Lipinski definition) is 0. The van der Waals surface area contributed by atoms with Gasteiger partial charge in [0.15, 0.2) is 5.78 Å². The molecule has 1 saturated heterocycles. The normalized spacial score (nSPS) is 26.2. The zero-order valence-electron chi connectivity index (χ0n) is 12.1. The molecule has 0 spiro atoms. The Kier molecular flexibility index (Phi) is 4.16. The first kappa shape index (κ1) is 14.1. The third-order valence-corrected chi connectivity index (χ3v) is 5.56. The minimum Gasteiger partial charge on any atom is -0.368 e. The van der Waals surface area contributed by atoms with Crippen molar-refractivity contribution in [2.24, 2.45) is 5.92 Å². The Hall–Kier alpha value is -0.830.